The fourth-order valence-corrected chi connectivity index (χ4v) is 5.21. The maximum Gasteiger partial charge on any atom is 0.257 e. The predicted octanol–water partition coefficient (Wildman–Crippen LogP) is 3.74. The van der Waals surface area contributed by atoms with Crippen LogP contribution in [0.5, 0.6) is 0 Å². The number of amides is 1. The fourth-order valence-electron chi connectivity index (χ4n) is 3.77. The second-order valence-corrected chi connectivity index (χ2v) is 8.36. The molecule has 2 fully saturated rings. The van der Waals surface area contributed by atoms with Gasteiger partial charge in [-0.15, -0.1) is 21.5 Å². The number of likely N-dealkylation sites (tertiary alicyclic amines) is 1. The minimum Gasteiger partial charge on any atom is -0.420 e. The molecule has 1 saturated heterocycles. The molecule has 0 bridgehead atoms. The van der Waals surface area contributed by atoms with Crippen molar-refractivity contribution in [2.45, 2.75) is 31.4 Å². The van der Waals surface area contributed by atoms with E-state index in [0.717, 1.165) is 19.3 Å². The summed E-state index contributed by atoms with van der Waals surface area (Å²) >= 11 is 13.4. The van der Waals surface area contributed by atoms with E-state index in [1.54, 1.807) is 13.2 Å². The van der Waals surface area contributed by atoms with Crippen molar-refractivity contribution in [3.05, 3.63) is 32.1 Å². The van der Waals surface area contributed by atoms with E-state index < -0.39 is 5.54 Å². The molecule has 24 heavy (non-hydrogen) atoms. The van der Waals surface area contributed by atoms with Crippen LogP contribution in [0.25, 0.3) is 0 Å². The summed E-state index contributed by atoms with van der Waals surface area (Å²) in [6.07, 6.45) is 2.78. The van der Waals surface area contributed by atoms with Crippen molar-refractivity contribution in [3.8, 4) is 0 Å². The number of nitrogens with zero attached hydrogens (tertiary/aromatic N) is 3. The van der Waals surface area contributed by atoms with Crippen LogP contribution < -0.4 is 0 Å². The number of methoxy groups -OCH3 is 1. The van der Waals surface area contributed by atoms with Crippen LogP contribution in [0.3, 0.4) is 0 Å². The molecule has 3 heterocycles. The molecule has 4 rings (SSSR count). The van der Waals surface area contributed by atoms with Crippen LogP contribution >= 0.6 is 34.5 Å². The van der Waals surface area contributed by atoms with Crippen molar-refractivity contribution in [1.29, 1.82) is 0 Å². The van der Waals surface area contributed by atoms with Gasteiger partial charge in [0.25, 0.3) is 5.91 Å². The lowest BCUT2D eigenvalue weighted by molar-refractivity contribution is -0.00455. The number of hydrogen-bond donors (Lipinski definition) is 0. The number of thiophene rings is 1. The number of carbonyl (C=O) groups excluding carboxylic acids is 1. The molecule has 0 aromatic carbocycles. The zero-order valence-corrected chi connectivity index (χ0v) is 15.2. The third kappa shape index (κ3) is 2.29. The number of fused-ring (bicyclic) bond motifs is 1. The summed E-state index contributed by atoms with van der Waals surface area (Å²) in [6.45, 7) is 0.906. The standard InChI is InChI=1S/C15H15Cl2N3O3S/c1-22-7-11-18-19-14(23-11)15-4-2-8(15)3-5-20(15)13(21)9-6-10(16)24-12(9)17/h6,8H,2-5,7H2,1H3/t8-,15-/m0/s1. The maximum atomic E-state index is 13.1. The Bertz CT molecular complexity index is 793. The summed E-state index contributed by atoms with van der Waals surface area (Å²) in [7, 11) is 1.57. The monoisotopic (exact) mass is 387 g/mol. The first-order chi connectivity index (χ1) is 11.6. The van der Waals surface area contributed by atoms with Gasteiger partial charge in [0.2, 0.25) is 11.8 Å². The lowest BCUT2D eigenvalue weighted by Gasteiger charge is -2.47. The number of halogens is 2. The van der Waals surface area contributed by atoms with Crippen molar-refractivity contribution in [3.63, 3.8) is 0 Å². The molecule has 6 nitrogen and oxygen atoms in total. The van der Waals surface area contributed by atoms with E-state index in [1.165, 1.54) is 11.3 Å². The number of carbonyl (C=O) groups is 1. The summed E-state index contributed by atoms with van der Waals surface area (Å²) in [6, 6.07) is 1.63. The van der Waals surface area contributed by atoms with E-state index in [1.807, 2.05) is 4.90 Å². The summed E-state index contributed by atoms with van der Waals surface area (Å²) < 4.78 is 11.7. The zero-order valence-electron chi connectivity index (χ0n) is 12.9. The Hall–Kier alpha value is -1.15. The van der Waals surface area contributed by atoms with Crippen molar-refractivity contribution in [2.75, 3.05) is 13.7 Å². The summed E-state index contributed by atoms with van der Waals surface area (Å²) in [5, 5.41) is 8.22. The van der Waals surface area contributed by atoms with Gasteiger partial charge in [-0.25, -0.2) is 0 Å². The molecule has 9 heteroatoms. The molecule has 1 amide bonds. The van der Waals surface area contributed by atoms with Crippen LogP contribution in [0.1, 0.15) is 41.4 Å². The molecule has 0 N–H and O–H groups in total. The van der Waals surface area contributed by atoms with Crippen molar-refractivity contribution in [1.82, 2.24) is 15.1 Å². The fraction of sp³-hybridized carbons (Fsp3) is 0.533. The SMILES string of the molecule is COCc1nnc([C@]23CC[C@H]2CCN3C(=O)c2cc(Cl)sc2Cl)o1. The first-order valence-corrected chi connectivity index (χ1v) is 9.22. The van der Waals surface area contributed by atoms with Crippen LogP contribution in [0.15, 0.2) is 10.5 Å². The van der Waals surface area contributed by atoms with Gasteiger partial charge in [-0.2, -0.15) is 0 Å². The third-order valence-electron chi connectivity index (χ3n) is 4.97. The Labute approximate surface area is 152 Å². The average molecular weight is 388 g/mol. The molecule has 2 aromatic heterocycles. The van der Waals surface area contributed by atoms with Gasteiger partial charge < -0.3 is 14.1 Å². The van der Waals surface area contributed by atoms with Gasteiger partial charge in [-0.1, -0.05) is 23.2 Å². The van der Waals surface area contributed by atoms with Gasteiger partial charge in [-0.05, 0) is 31.2 Å². The van der Waals surface area contributed by atoms with Crippen LogP contribution in [0.4, 0.5) is 0 Å². The predicted molar refractivity (Wildman–Crippen MR) is 89.4 cm³/mol. The van der Waals surface area contributed by atoms with E-state index in [4.69, 9.17) is 32.4 Å². The van der Waals surface area contributed by atoms with Crippen LogP contribution in [0.2, 0.25) is 8.67 Å². The third-order valence-corrected chi connectivity index (χ3v) is 6.46. The molecule has 128 valence electrons. The highest BCUT2D eigenvalue weighted by molar-refractivity contribution is 7.20. The average Bonchev–Trinajstić information content (AvgIpc) is 3.17. The summed E-state index contributed by atoms with van der Waals surface area (Å²) in [5.74, 6) is 1.12. The molecular formula is C15H15Cl2N3O3S. The van der Waals surface area contributed by atoms with Gasteiger partial charge in [0.15, 0.2) is 0 Å². The summed E-state index contributed by atoms with van der Waals surface area (Å²) in [4.78, 5) is 14.9. The molecule has 2 aromatic rings. The van der Waals surface area contributed by atoms with E-state index in [0.29, 0.717) is 38.5 Å². The van der Waals surface area contributed by atoms with Gasteiger partial charge in [0, 0.05) is 13.7 Å². The lowest BCUT2D eigenvalue weighted by atomic mass is 9.67. The largest absolute Gasteiger partial charge is 0.420 e. The quantitative estimate of drug-likeness (QED) is 0.798. The highest BCUT2D eigenvalue weighted by Crippen LogP contribution is 2.57. The first-order valence-electron chi connectivity index (χ1n) is 7.65. The Morgan fingerprint density at radius 3 is 2.96 bits per heavy atom. The minimum atomic E-state index is -0.520. The Morgan fingerprint density at radius 1 is 1.50 bits per heavy atom. The van der Waals surface area contributed by atoms with E-state index in [-0.39, 0.29) is 12.5 Å². The Kier molecular flexibility index (Phi) is 4.07. The van der Waals surface area contributed by atoms with Gasteiger partial charge in [-0.3, -0.25) is 4.79 Å². The molecule has 2 atom stereocenters. The highest BCUT2D eigenvalue weighted by atomic mass is 35.5. The van der Waals surface area contributed by atoms with Gasteiger partial charge in [0.1, 0.15) is 16.5 Å². The van der Waals surface area contributed by atoms with Crippen molar-refractivity contribution in [2.24, 2.45) is 5.92 Å². The van der Waals surface area contributed by atoms with Gasteiger partial charge >= 0.3 is 0 Å². The lowest BCUT2D eigenvalue weighted by Crippen LogP contribution is -2.53. The Balaban J connectivity index is 1.70. The molecule has 1 saturated carbocycles. The molecule has 1 aliphatic heterocycles. The minimum absolute atomic E-state index is 0.128. The molecule has 2 aliphatic rings. The van der Waals surface area contributed by atoms with Crippen LogP contribution in [-0.2, 0) is 16.9 Å². The van der Waals surface area contributed by atoms with E-state index in [2.05, 4.69) is 10.2 Å². The Morgan fingerprint density at radius 2 is 2.33 bits per heavy atom. The summed E-state index contributed by atoms with van der Waals surface area (Å²) in [5.41, 5.74) is -0.0800. The number of ether oxygens (including phenoxy) is 1. The molecule has 1 aliphatic carbocycles. The maximum absolute atomic E-state index is 13.1. The smallest absolute Gasteiger partial charge is 0.257 e. The number of rotatable bonds is 4. The molecule has 0 unspecified atom stereocenters. The van der Waals surface area contributed by atoms with Crippen molar-refractivity contribution >= 4 is 40.4 Å². The second kappa shape index (κ2) is 5.98. The van der Waals surface area contributed by atoms with Crippen molar-refractivity contribution < 1.29 is 13.9 Å². The van der Waals surface area contributed by atoms with Gasteiger partial charge in [0.05, 0.1) is 9.90 Å². The van der Waals surface area contributed by atoms with Crippen LogP contribution in [-0.4, -0.2) is 34.7 Å². The number of aromatic nitrogens is 2. The second-order valence-electron chi connectivity index (χ2n) is 6.08. The van der Waals surface area contributed by atoms with E-state index >= 15 is 0 Å². The highest BCUT2D eigenvalue weighted by Gasteiger charge is 2.61. The number of hydrogen-bond acceptors (Lipinski definition) is 6. The normalized spacial score (nSPS) is 25.6. The topological polar surface area (TPSA) is 68.5 Å². The first kappa shape index (κ1) is 16.3. The molecular weight excluding hydrogens is 373 g/mol. The molecule has 0 radical (unpaired) electrons. The zero-order chi connectivity index (χ0) is 16.9. The van der Waals surface area contributed by atoms with E-state index in [9.17, 15) is 4.79 Å². The molecule has 0 spiro atoms. The van der Waals surface area contributed by atoms with Crippen LogP contribution in [0, 0.1) is 5.92 Å².